The molecule has 0 fully saturated rings. The summed E-state index contributed by atoms with van der Waals surface area (Å²) in [5.41, 5.74) is 16.4. The number of para-hydroxylation sites is 1. The first-order chi connectivity index (χ1) is 31.3. The van der Waals surface area contributed by atoms with Crippen molar-refractivity contribution in [2.24, 2.45) is 0 Å². The molecule has 3 heteroatoms. The highest BCUT2D eigenvalue weighted by Crippen LogP contribution is 2.54. The van der Waals surface area contributed by atoms with E-state index in [1.54, 1.807) is 0 Å². The van der Waals surface area contributed by atoms with Gasteiger partial charge in [-0.15, -0.1) is 11.3 Å². The molecule has 0 amide bonds. The predicted molar refractivity (Wildman–Crippen MR) is 268 cm³/mol. The topological polar surface area (TPSA) is 16.4 Å². The van der Waals surface area contributed by atoms with Crippen molar-refractivity contribution in [3.63, 3.8) is 0 Å². The van der Waals surface area contributed by atoms with E-state index in [9.17, 15) is 0 Å². The molecule has 2 aromatic heterocycles. The minimum atomic E-state index is 0.851. The Morgan fingerprint density at radius 2 is 0.841 bits per heavy atom. The van der Waals surface area contributed by atoms with Crippen molar-refractivity contribution in [3.8, 4) is 55.6 Å². The maximum Gasteiger partial charge on any atom is 0.145 e. The van der Waals surface area contributed by atoms with E-state index in [1.807, 2.05) is 11.3 Å². The first-order valence-electron chi connectivity index (χ1n) is 21.4. The Bertz CT molecular complexity index is 3540. The zero-order valence-corrected chi connectivity index (χ0v) is 35.1. The van der Waals surface area contributed by atoms with E-state index in [0.29, 0.717) is 0 Å². The number of fused-ring (bicyclic) bond motifs is 6. The number of hydrogen-bond donors (Lipinski definition) is 0. The summed E-state index contributed by atoms with van der Waals surface area (Å²) >= 11 is 1.86. The minimum Gasteiger partial charge on any atom is -0.455 e. The van der Waals surface area contributed by atoms with Crippen molar-refractivity contribution < 1.29 is 4.42 Å². The smallest absolute Gasteiger partial charge is 0.145 e. The largest absolute Gasteiger partial charge is 0.455 e. The minimum absolute atomic E-state index is 0.851. The van der Waals surface area contributed by atoms with Crippen molar-refractivity contribution in [3.05, 3.63) is 237 Å². The molecule has 12 rings (SSSR count). The molecule has 2 nitrogen and oxygen atoms in total. The molecule has 63 heavy (non-hydrogen) atoms. The first-order valence-corrected chi connectivity index (χ1v) is 22.2. The molecule has 0 saturated heterocycles. The second-order valence-electron chi connectivity index (χ2n) is 16.0. The fraction of sp³-hybridized carbons (Fsp3) is 0. The van der Waals surface area contributed by atoms with E-state index in [1.165, 1.54) is 31.3 Å². The predicted octanol–water partition coefficient (Wildman–Crippen LogP) is 17.8. The van der Waals surface area contributed by atoms with Crippen LogP contribution in [-0.4, -0.2) is 0 Å². The van der Waals surface area contributed by atoms with Crippen molar-refractivity contribution in [2.45, 2.75) is 0 Å². The Balaban J connectivity index is 1.21. The van der Waals surface area contributed by atoms with Gasteiger partial charge in [-0.25, -0.2) is 0 Å². The second kappa shape index (κ2) is 15.5. The molecule has 0 aliphatic heterocycles. The first kappa shape index (κ1) is 36.8. The fourth-order valence-electron chi connectivity index (χ4n) is 9.33. The van der Waals surface area contributed by atoms with Crippen LogP contribution in [0.2, 0.25) is 0 Å². The molecule has 0 radical (unpaired) electrons. The molecule has 10 aromatic carbocycles. The summed E-state index contributed by atoms with van der Waals surface area (Å²) in [6, 6.07) is 85.3. The molecule has 12 aromatic rings. The van der Waals surface area contributed by atoms with Gasteiger partial charge in [0.2, 0.25) is 0 Å². The SMILES string of the molecule is c1ccc(-c2ccc3c(c2)oc2c(-c4ccccc4)ccc(N(c4c(-c5ccccc5)cccc4-c4ccccc4)c4cccc5c4sc4cc(-c6ccccc6)ccc45)c23)cc1. The van der Waals surface area contributed by atoms with E-state index < -0.39 is 0 Å². The second-order valence-corrected chi connectivity index (χ2v) is 17.0. The van der Waals surface area contributed by atoms with E-state index in [2.05, 4.69) is 241 Å². The van der Waals surface area contributed by atoms with Crippen LogP contribution in [0.4, 0.5) is 17.1 Å². The lowest BCUT2D eigenvalue weighted by Crippen LogP contribution is -2.13. The lowest BCUT2D eigenvalue weighted by atomic mass is 9.93. The normalized spacial score (nSPS) is 11.5. The number of benzene rings is 10. The van der Waals surface area contributed by atoms with Gasteiger partial charge in [0.15, 0.2) is 0 Å². The molecule has 0 bridgehead atoms. The van der Waals surface area contributed by atoms with Gasteiger partial charge in [0, 0.05) is 37.5 Å². The highest BCUT2D eigenvalue weighted by molar-refractivity contribution is 7.26. The summed E-state index contributed by atoms with van der Waals surface area (Å²) in [5, 5.41) is 4.62. The van der Waals surface area contributed by atoms with Crippen LogP contribution >= 0.6 is 11.3 Å². The Kier molecular flexibility index (Phi) is 9.06. The number of anilines is 3. The summed E-state index contributed by atoms with van der Waals surface area (Å²) < 4.78 is 9.64. The Morgan fingerprint density at radius 3 is 1.43 bits per heavy atom. The Labute approximate surface area is 370 Å². The third-order valence-electron chi connectivity index (χ3n) is 12.3. The van der Waals surface area contributed by atoms with Crippen LogP contribution in [0, 0.1) is 0 Å². The molecular weight excluding hydrogens is 783 g/mol. The summed E-state index contributed by atoms with van der Waals surface area (Å²) in [6.45, 7) is 0. The fourth-order valence-corrected chi connectivity index (χ4v) is 10.6. The maximum absolute atomic E-state index is 7.16. The third kappa shape index (κ3) is 6.41. The van der Waals surface area contributed by atoms with Crippen LogP contribution in [0.5, 0.6) is 0 Å². The zero-order chi connectivity index (χ0) is 41.7. The third-order valence-corrected chi connectivity index (χ3v) is 13.5. The number of nitrogens with zero attached hydrogens (tertiary/aromatic N) is 1. The highest BCUT2D eigenvalue weighted by atomic mass is 32.1. The molecule has 0 aliphatic rings. The van der Waals surface area contributed by atoms with Crippen LogP contribution < -0.4 is 4.90 Å². The number of rotatable bonds is 8. The van der Waals surface area contributed by atoms with Crippen LogP contribution in [0.25, 0.3) is 97.7 Å². The molecule has 0 saturated carbocycles. The van der Waals surface area contributed by atoms with Gasteiger partial charge in [0.05, 0.1) is 27.1 Å². The van der Waals surface area contributed by atoms with Crippen molar-refractivity contribution in [1.82, 2.24) is 0 Å². The molecular formula is C60H39NOS. The van der Waals surface area contributed by atoms with Gasteiger partial charge in [0.1, 0.15) is 11.2 Å². The van der Waals surface area contributed by atoms with Gasteiger partial charge >= 0.3 is 0 Å². The van der Waals surface area contributed by atoms with Gasteiger partial charge in [-0.05, 0) is 75.3 Å². The van der Waals surface area contributed by atoms with Gasteiger partial charge < -0.3 is 9.32 Å². The lowest BCUT2D eigenvalue weighted by molar-refractivity contribution is 0.670. The average molecular weight is 822 g/mol. The highest BCUT2D eigenvalue weighted by Gasteiger charge is 2.28. The lowest BCUT2D eigenvalue weighted by Gasteiger charge is -2.31. The summed E-state index contributed by atoms with van der Waals surface area (Å²) in [6.07, 6.45) is 0. The van der Waals surface area contributed by atoms with Crippen molar-refractivity contribution in [1.29, 1.82) is 0 Å². The van der Waals surface area contributed by atoms with E-state index in [0.717, 1.165) is 83.5 Å². The van der Waals surface area contributed by atoms with Crippen LogP contribution in [0.3, 0.4) is 0 Å². The van der Waals surface area contributed by atoms with Gasteiger partial charge in [-0.1, -0.05) is 200 Å². The van der Waals surface area contributed by atoms with Crippen molar-refractivity contribution in [2.75, 3.05) is 4.90 Å². The number of hydrogen-bond acceptors (Lipinski definition) is 3. The van der Waals surface area contributed by atoms with E-state index in [-0.39, 0.29) is 0 Å². The maximum atomic E-state index is 7.16. The monoisotopic (exact) mass is 821 g/mol. The molecule has 296 valence electrons. The molecule has 0 atom stereocenters. The molecule has 0 aliphatic carbocycles. The van der Waals surface area contributed by atoms with Crippen molar-refractivity contribution >= 4 is 70.5 Å². The number of thiophene rings is 1. The van der Waals surface area contributed by atoms with Crippen LogP contribution in [0.15, 0.2) is 241 Å². The quantitative estimate of drug-likeness (QED) is 0.152. The standard InChI is InChI=1S/C60H39NOS/c1-6-18-40(19-7-1)45-33-35-52-55(38-45)62-59-49(44-26-14-5-15-27-44)36-37-53(57(52)59)61(58-47(42-22-10-3-11-23-42)28-16-29-48(58)43-24-12-4-13-25-43)54-31-17-30-51-50-34-32-46(39-56(50)63-60(51)54)41-20-8-2-9-21-41/h1-39H. The summed E-state index contributed by atoms with van der Waals surface area (Å²) in [4.78, 5) is 2.54. The Morgan fingerprint density at radius 1 is 0.333 bits per heavy atom. The van der Waals surface area contributed by atoms with E-state index in [4.69, 9.17) is 4.42 Å². The molecule has 2 heterocycles. The van der Waals surface area contributed by atoms with Gasteiger partial charge in [-0.3, -0.25) is 0 Å². The zero-order valence-electron chi connectivity index (χ0n) is 34.3. The van der Waals surface area contributed by atoms with Crippen LogP contribution in [-0.2, 0) is 0 Å². The molecule has 0 N–H and O–H groups in total. The molecule has 0 spiro atoms. The molecule has 0 unspecified atom stereocenters. The Hall–Kier alpha value is -7.98. The summed E-state index contributed by atoms with van der Waals surface area (Å²) in [7, 11) is 0. The van der Waals surface area contributed by atoms with E-state index >= 15 is 0 Å². The average Bonchev–Trinajstić information content (AvgIpc) is 3.94. The number of furan rings is 1. The summed E-state index contributed by atoms with van der Waals surface area (Å²) in [5.74, 6) is 0. The van der Waals surface area contributed by atoms with Gasteiger partial charge in [0.25, 0.3) is 0 Å². The van der Waals surface area contributed by atoms with Crippen LogP contribution in [0.1, 0.15) is 0 Å². The van der Waals surface area contributed by atoms with Gasteiger partial charge in [-0.2, -0.15) is 0 Å².